The van der Waals surface area contributed by atoms with Crippen molar-refractivity contribution >= 4 is 5.97 Å². The first-order valence-electron chi connectivity index (χ1n) is 7.10. The van der Waals surface area contributed by atoms with Gasteiger partial charge in [0.2, 0.25) is 0 Å². The molecule has 1 heterocycles. The van der Waals surface area contributed by atoms with E-state index in [1.165, 1.54) is 0 Å². The lowest BCUT2D eigenvalue weighted by molar-refractivity contribution is -0.147. The van der Waals surface area contributed by atoms with Crippen molar-refractivity contribution in [2.24, 2.45) is 23.2 Å². The molecule has 0 amide bonds. The molecule has 0 radical (unpaired) electrons. The summed E-state index contributed by atoms with van der Waals surface area (Å²) in [6.45, 7) is 5.71. The molecule has 0 aromatic carbocycles. The highest BCUT2D eigenvalue weighted by molar-refractivity contribution is 5.92. The van der Waals surface area contributed by atoms with E-state index in [0.717, 1.165) is 12.8 Å². The lowest BCUT2D eigenvalue weighted by atomic mass is 9.59. The molecule has 104 valence electrons. The third kappa shape index (κ3) is 1.16. The number of carbonyl (C=O) groups excluding carboxylic acids is 1. The van der Waals surface area contributed by atoms with Crippen LogP contribution in [0.25, 0.3) is 0 Å². The normalized spacial score (nSPS) is 58.6. The van der Waals surface area contributed by atoms with Gasteiger partial charge in [-0.3, -0.25) is 0 Å². The van der Waals surface area contributed by atoms with Gasteiger partial charge >= 0.3 is 5.97 Å². The Kier molecular flexibility index (Phi) is 1.92. The van der Waals surface area contributed by atoms with Gasteiger partial charge in [-0.25, -0.2) is 4.79 Å². The van der Waals surface area contributed by atoms with E-state index in [0.29, 0.717) is 23.0 Å². The lowest BCUT2D eigenvalue weighted by Crippen LogP contribution is -2.54. The van der Waals surface area contributed by atoms with Crippen molar-refractivity contribution in [1.29, 1.82) is 0 Å². The predicted octanol–water partition coefficient (Wildman–Crippen LogP) is 1.02. The van der Waals surface area contributed by atoms with Crippen LogP contribution in [0.4, 0.5) is 0 Å². The predicted molar refractivity (Wildman–Crippen MR) is 67.0 cm³/mol. The first-order valence-corrected chi connectivity index (χ1v) is 7.10. The molecular weight excluding hydrogens is 244 g/mol. The maximum absolute atomic E-state index is 11.7. The minimum absolute atomic E-state index is 0.118. The van der Waals surface area contributed by atoms with Gasteiger partial charge in [-0.2, -0.15) is 0 Å². The maximum atomic E-state index is 11.7. The maximum Gasteiger partial charge on any atom is 0.334 e. The fourth-order valence-electron chi connectivity index (χ4n) is 5.44. The highest BCUT2D eigenvalue weighted by atomic mass is 16.5. The van der Waals surface area contributed by atoms with Crippen molar-refractivity contribution in [3.05, 3.63) is 11.1 Å². The van der Waals surface area contributed by atoms with Crippen molar-refractivity contribution < 1.29 is 19.7 Å². The standard InChI is InChI=1S/C15H20O4/c1-6-10-9(19-13(6)17)5-14(2)7-4-8(7)15(3,18)12(14)11(10)16/h7-9,11-12,16,18H,4-5H2,1-3H3/t7-,8+,9+,11+,12+,14+,15+/m1/s1. The molecule has 4 rings (SSSR count). The number of aliphatic hydroxyl groups is 2. The van der Waals surface area contributed by atoms with Crippen LogP contribution < -0.4 is 0 Å². The Morgan fingerprint density at radius 2 is 2.00 bits per heavy atom. The molecule has 3 saturated carbocycles. The summed E-state index contributed by atoms with van der Waals surface area (Å²) in [7, 11) is 0. The van der Waals surface area contributed by atoms with E-state index >= 15 is 0 Å². The monoisotopic (exact) mass is 264 g/mol. The average Bonchev–Trinajstić information content (AvgIpc) is 3.00. The Morgan fingerprint density at radius 3 is 2.68 bits per heavy atom. The molecule has 4 heteroatoms. The van der Waals surface area contributed by atoms with E-state index in [1.54, 1.807) is 6.92 Å². The molecular formula is C15H20O4. The second kappa shape index (κ2) is 3.07. The van der Waals surface area contributed by atoms with Crippen molar-refractivity contribution in [1.82, 2.24) is 0 Å². The first kappa shape index (κ1) is 11.9. The van der Waals surface area contributed by atoms with Crippen LogP contribution in [0.2, 0.25) is 0 Å². The van der Waals surface area contributed by atoms with E-state index < -0.39 is 11.7 Å². The third-order valence-electron chi connectivity index (χ3n) is 6.32. The molecule has 1 aliphatic heterocycles. The van der Waals surface area contributed by atoms with Crippen molar-refractivity contribution in [2.45, 2.75) is 51.4 Å². The van der Waals surface area contributed by atoms with Crippen molar-refractivity contribution in [3.63, 3.8) is 0 Å². The van der Waals surface area contributed by atoms with Gasteiger partial charge < -0.3 is 14.9 Å². The average molecular weight is 264 g/mol. The molecule has 3 aliphatic carbocycles. The summed E-state index contributed by atoms with van der Waals surface area (Å²) in [5, 5.41) is 21.5. The third-order valence-corrected chi connectivity index (χ3v) is 6.32. The van der Waals surface area contributed by atoms with Gasteiger partial charge in [-0.1, -0.05) is 6.92 Å². The van der Waals surface area contributed by atoms with Gasteiger partial charge in [0.25, 0.3) is 0 Å². The number of esters is 1. The molecule has 0 aromatic rings. The second-order valence-corrected chi connectivity index (χ2v) is 7.28. The Morgan fingerprint density at radius 1 is 1.32 bits per heavy atom. The number of carbonyl (C=O) groups is 1. The van der Waals surface area contributed by atoms with E-state index in [-0.39, 0.29) is 23.4 Å². The summed E-state index contributed by atoms with van der Waals surface area (Å²) in [5.41, 5.74) is 0.306. The summed E-state index contributed by atoms with van der Waals surface area (Å²) in [4.78, 5) is 11.7. The summed E-state index contributed by atoms with van der Waals surface area (Å²) in [6.07, 6.45) is 0.743. The van der Waals surface area contributed by atoms with Crippen LogP contribution >= 0.6 is 0 Å². The summed E-state index contributed by atoms with van der Waals surface area (Å²) < 4.78 is 5.40. The molecule has 3 fully saturated rings. The molecule has 0 saturated heterocycles. The summed E-state index contributed by atoms with van der Waals surface area (Å²) in [6, 6.07) is 0. The van der Waals surface area contributed by atoms with E-state index in [2.05, 4.69) is 6.92 Å². The molecule has 19 heavy (non-hydrogen) atoms. The summed E-state index contributed by atoms with van der Waals surface area (Å²) in [5.74, 6) is 0.268. The van der Waals surface area contributed by atoms with Crippen LogP contribution in [-0.2, 0) is 9.53 Å². The lowest BCUT2D eigenvalue weighted by Gasteiger charge is -2.48. The first-order chi connectivity index (χ1) is 8.78. The van der Waals surface area contributed by atoms with Crippen LogP contribution in [0.5, 0.6) is 0 Å². The number of hydrogen-bond donors (Lipinski definition) is 2. The van der Waals surface area contributed by atoms with Crippen LogP contribution in [0.3, 0.4) is 0 Å². The van der Waals surface area contributed by atoms with Crippen LogP contribution in [0.1, 0.15) is 33.6 Å². The van der Waals surface area contributed by atoms with Gasteiger partial charge in [0, 0.05) is 17.1 Å². The molecule has 0 unspecified atom stereocenters. The number of aliphatic hydroxyl groups excluding tert-OH is 1. The van der Waals surface area contributed by atoms with Gasteiger partial charge in [-0.15, -0.1) is 0 Å². The van der Waals surface area contributed by atoms with Crippen molar-refractivity contribution in [2.75, 3.05) is 0 Å². The quantitative estimate of drug-likeness (QED) is 0.641. The zero-order valence-corrected chi connectivity index (χ0v) is 11.5. The van der Waals surface area contributed by atoms with E-state index in [4.69, 9.17) is 4.74 Å². The van der Waals surface area contributed by atoms with Gasteiger partial charge in [-0.05, 0) is 43.9 Å². The Hall–Kier alpha value is -0.870. The van der Waals surface area contributed by atoms with E-state index in [1.807, 2.05) is 6.92 Å². The fraction of sp³-hybridized carbons (Fsp3) is 0.800. The van der Waals surface area contributed by atoms with Crippen LogP contribution in [0.15, 0.2) is 11.1 Å². The molecule has 2 N–H and O–H groups in total. The molecule has 4 nitrogen and oxygen atoms in total. The zero-order chi connectivity index (χ0) is 13.7. The highest BCUT2D eigenvalue weighted by Crippen LogP contribution is 2.73. The van der Waals surface area contributed by atoms with Crippen molar-refractivity contribution in [3.8, 4) is 0 Å². The Bertz CT molecular complexity index is 520. The molecule has 0 aromatic heterocycles. The summed E-state index contributed by atoms with van der Waals surface area (Å²) >= 11 is 0. The van der Waals surface area contributed by atoms with Gasteiger partial charge in [0.1, 0.15) is 6.10 Å². The number of rotatable bonds is 0. The molecule has 4 aliphatic rings. The van der Waals surface area contributed by atoms with Gasteiger partial charge in [0.05, 0.1) is 11.7 Å². The molecule has 0 spiro atoms. The zero-order valence-electron chi connectivity index (χ0n) is 11.5. The second-order valence-electron chi connectivity index (χ2n) is 7.28. The van der Waals surface area contributed by atoms with Crippen LogP contribution in [-0.4, -0.2) is 34.0 Å². The SMILES string of the molecule is CC1=C2[C@H](C[C@@]3(C)[C@@H]4C[C@@H]4[C@](C)(O)[C@H]3[C@H]2O)OC1=O. The highest BCUT2D eigenvalue weighted by Gasteiger charge is 2.75. The van der Waals surface area contributed by atoms with Crippen LogP contribution in [0, 0.1) is 23.2 Å². The smallest absolute Gasteiger partial charge is 0.334 e. The minimum Gasteiger partial charge on any atom is -0.454 e. The number of fused-ring (bicyclic) bond motifs is 4. The largest absolute Gasteiger partial charge is 0.454 e. The fourth-order valence-corrected chi connectivity index (χ4v) is 5.44. The topological polar surface area (TPSA) is 66.8 Å². The minimum atomic E-state index is -0.831. The molecule has 0 bridgehead atoms. The van der Waals surface area contributed by atoms with E-state index in [9.17, 15) is 15.0 Å². The molecule has 7 atom stereocenters. The number of ether oxygens (including phenoxy) is 1. The van der Waals surface area contributed by atoms with Gasteiger partial charge in [0.15, 0.2) is 0 Å². The number of hydrogen-bond acceptors (Lipinski definition) is 4. The Labute approximate surface area is 112 Å². The Balaban J connectivity index is 1.84.